The number of carbonyl (C=O) groups excluding carboxylic acids is 1. The van der Waals surface area contributed by atoms with Crippen molar-refractivity contribution in [3.8, 4) is 0 Å². The Kier molecular flexibility index (Phi) is 5.11. The van der Waals surface area contributed by atoms with E-state index in [4.69, 9.17) is 0 Å². The molecule has 0 bridgehead atoms. The van der Waals surface area contributed by atoms with Gasteiger partial charge in [-0.25, -0.2) is 0 Å². The summed E-state index contributed by atoms with van der Waals surface area (Å²) in [7, 11) is 0. The van der Waals surface area contributed by atoms with Crippen LogP contribution in [0.1, 0.15) is 34.9 Å². The molecule has 1 aliphatic carbocycles. The van der Waals surface area contributed by atoms with E-state index >= 15 is 0 Å². The van der Waals surface area contributed by atoms with E-state index in [0.29, 0.717) is 17.5 Å². The lowest BCUT2D eigenvalue weighted by Gasteiger charge is -2.24. The summed E-state index contributed by atoms with van der Waals surface area (Å²) in [5.74, 6) is 0.588. The third kappa shape index (κ3) is 3.89. The molecular formula is C18H20N2OS. The first-order chi connectivity index (χ1) is 10.8. The van der Waals surface area contributed by atoms with E-state index in [1.54, 1.807) is 18.0 Å². The molecule has 1 aromatic heterocycles. The van der Waals surface area contributed by atoms with E-state index in [-0.39, 0.29) is 5.91 Å². The third-order valence-electron chi connectivity index (χ3n) is 3.92. The van der Waals surface area contributed by atoms with E-state index in [2.05, 4.69) is 34.6 Å². The first-order valence-corrected chi connectivity index (χ1v) is 8.74. The minimum atomic E-state index is 0.0821. The van der Waals surface area contributed by atoms with Crippen molar-refractivity contribution in [2.24, 2.45) is 0 Å². The van der Waals surface area contributed by atoms with Gasteiger partial charge in [0.25, 0.3) is 0 Å². The molecule has 0 unspecified atom stereocenters. The van der Waals surface area contributed by atoms with E-state index < -0.39 is 0 Å². The number of carbonyl (C=O) groups is 1. The van der Waals surface area contributed by atoms with Crippen molar-refractivity contribution in [1.82, 2.24) is 10.3 Å². The minimum absolute atomic E-state index is 0.0821. The van der Waals surface area contributed by atoms with Crippen LogP contribution in [0.4, 0.5) is 0 Å². The lowest BCUT2D eigenvalue weighted by atomic mass is 9.91. The van der Waals surface area contributed by atoms with Gasteiger partial charge in [0.2, 0.25) is 5.91 Å². The van der Waals surface area contributed by atoms with Crippen LogP contribution in [-0.2, 0) is 17.8 Å². The highest BCUT2D eigenvalue weighted by Gasteiger charge is 2.20. The van der Waals surface area contributed by atoms with Gasteiger partial charge in [-0.15, -0.1) is 11.8 Å². The van der Waals surface area contributed by atoms with E-state index in [0.717, 1.165) is 12.1 Å². The number of nitrogens with zero attached hydrogens (tertiary/aromatic N) is 1. The average Bonchev–Trinajstić information content (AvgIpc) is 2.59. The molecular weight excluding hydrogens is 292 g/mol. The zero-order valence-corrected chi connectivity index (χ0v) is 13.3. The lowest BCUT2D eigenvalue weighted by Crippen LogP contribution is -2.25. The number of rotatable bonds is 5. The van der Waals surface area contributed by atoms with Gasteiger partial charge < -0.3 is 5.32 Å². The van der Waals surface area contributed by atoms with E-state index in [9.17, 15) is 4.79 Å². The molecule has 0 radical (unpaired) electrons. The normalized spacial score (nSPS) is 16.8. The molecule has 1 aromatic carbocycles. The highest BCUT2D eigenvalue weighted by molar-refractivity contribution is 8.00. The molecule has 3 nitrogen and oxygen atoms in total. The minimum Gasteiger partial charge on any atom is -0.350 e. The van der Waals surface area contributed by atoms with Gasteiger partial charge in [0, 0.05) is 11.4 Å². The predicted molar refractivity (Wildman–Crippen MR) is 90.7 cm³/mol. The molecule has 1 aliphatic rings. The largest absolute Gasteiger partial charge is 0.350 e. The number of hydrogen-bond donors (Lipinski definition) is 1. The standard InChI is InChI=1S/C18H20N2OS/c21-18(20-12-15-8-3-4-11-19-15)13-22-17-10-5-7-14-6-1-2-9-16(14)17/h1-4,6,8-9,11,17H,5,7,10,12-13H2,(H,20,21)/t17-/m0/s1. The van der Waals surface area contributed by atoms with Crippen LogP contribution in [0, 0.1) is 0 Å². The topological polar surface area (TPSA) is 42.0 Å². The molecule has 1 atom stereocenters. The van der Waals surface area contributed by atoms with Crippen LogP contribution in [0.15, 0.2) is 48.7 Å². The summed E-state index contributed by atoms with van der Waals surface area (Å²) < 4.78 is 0. The highest BCUT2D eigenvalue weighted by atomic mass is 32.2. The maximum atomic E-state index is 12.0. The van der Waals surface area contributed by atoms with Crippen molar-refractivity contribution in [2.75, 3.05) is 5.75 Å². The van der Waals surface area contributed by atoms with Crippen molar-refractivity contribution in [3.63, 3.8) is 0 Å². The quantitative estimate of drug-likeness (QED) is 0.918. The van der Waals surface area contributed by atoms with Crippen molar-refractivity contribution >= 4 is 17.7 Å². The van der Waals surface area contributed by atoms with Crippen molar-refractivity contribution in [2.45, 2.75) is 31.1 Å². The Morgan fingerprint density at radius 1 is 1.23 bits per heavy atom. The van der Waals surface area contributed by atoms with Gasteiger partial charge in [-0.3, -0.25) is 9.78 Å². The molecule has 0 saturated carbocycles. The number of aromatic nitrogens is 1. The second-order valence-corrected chi connectivity index (χ2v) is 6.68. The molecule has 1 N–H and O–H groups in total. The molecule has 22 heavy (non-hydrogen) atoms. The van der Waals surface area contributed by atoms with Gasteiger partial charge in [0.1, 0.15) is 0 Å². The Bertz CT molecular complexity index is 630. The second-order valence-electron chi connectivity index (χ2n) is 5.49. The Morgan fingerprint density at radius 2 is 2.09 bits per heavy atom. The Labute approximate surface area is 135 Å². The molecule has 1 heterocycles. The fraction of sp³-hybridized carbons (Fsp3) is 0.333. The maximum Gasteiger partial charge on any atom is 0.230 e. The summed E-state index contributed by atoms with van der Waals surface area (Å²) in [6.07, 6.45) is 5.29. The number of fused-ring (bicyclic) bond motifs is 1. The van der Waals surface area contributed by atoms with Crippen LogP contribution >= 0.6 is 11.8 Å². The van der Waals surface area contributed by atoms with Crippen LogP contribution in [0.5, 0.6) is 0 Å². The van der Waals surface area contributed by atoms with Gasteiger partial charge in [-0.05, 0) is 42.5 Å². The zero-order valence-electron chi connectivity index (χ0n) is 12.5. The highest BCUT2D eigenvalue weighted by Crippen LogP contribution is 2.39. The fourth-order valence-corrected chi connectivity index (χ4v) is 4.00. The summed E-state index contributed by atoms with van der Waals surface area (Å²) in [4.78, 5) is 16.2. The molecule has 0 fully saturated rings. The first-order valence-electron chi connectivity index (χ1n) is 7.69. The van der Waals surface area contributed by atoms with Crippen LogP contribution < -0.4 is 5.32 Å². The molecule has 0 spiro atoms. The van der Waals surface area contributed by atoms with Crippen LogP contribution in [0.3, 0.4) is 0 Å². The number of aryl methyl sites for hydroxylation is 1. The number of pyridine rings is 1. The Morgan fingerprint density at radius 3 is 2.95 bits per heavy atom. The maximum absolute atomic E-state index is 12.0. The SMILES string of the molecule is O=C(CS[C@H]1CCCc2ccccc21)NCc1ccccn1. The van der Waals surface area contributed by atoms with Gasteiger partial charge >= 0.3 is 0 Å². The van der Waals surface area contributed by atoms with Gasteiger partial charge in [0.05, 0.1) is 18.0 Å². The van der Waals surface area contributed by atoms with Crippen molar-refractivity contribution in [3.05, 3.63) is 65.5 Å². The summed E-state index contributed by atoms with van der Waals surface area (Å²) in [6, 6.07) is 14.3. The van der Waals surface area contributed by atoms with E-state index in [1.807, 2.05) is 18.2 Å². The predicted octanol–water partition coefficient (Wildman–Crippen LogP) is 3.51. The van der Waals surface area contributed by atoms with Crippen LogP contribution in [-0.4, -0.2) is 16.6 Å². The van der Waals surface area contributed by atoms with Gasteiger partial charge in [-0.2, -0.15) is 0 Å². The molecule has 2 aromatic rings. The lowest BCUT2D eigenvalue weighted by molar-refractivity contribution is -0.118. The smallest absolute Gasteiger partial charge is 0.230 e. The summed E-state index contributed by atoms with van der Waals surface area (Å²) in [6.45, 7) is 0.501. The Hall–Kier alpha value is -1.81. The summed E-state index contributed by atoms with van der Waals surface area (Å²) in [5.41, 5.74) is 3.75. The average molecular weight is 312 g/mol. The molecule has 114 valence electrons. The first kappa shape index (κ1) is 15.1. The summed E-state index contributed by atoms with van der Waals surface area (Å²) >= 11 is 1.75. The molecule has 0 saturated heterocycles. The van der Waals surface area contributed by atoms with Gasteiger partial charge in [0.15, 0.2) is 0 Å². The number of nitrogens with one attached hydrogen (secondary N) is 1. The van der Waals surface area contributed by atoms with Gasteiger partial charge in [-0.1, -0.05) is 30.3 Å². The van der Waals surface area contributed by atoms with Crippen molar-refractivity contribution in [1.29, 1.82) is 0 Å². The van der Waals surface area contributed by atoms with Crippen LogP contribution in [0.2, 0.25) is 0 Å². The third-order valence-corrected chi connectivity index (χ3v) is 5.24. The monoisotopic (exact) mass is 312 g/mol. The Balaban J connectivity index is 1.50. The van der Waals surface area contributed by atoms with E-state index in [1.165, 1.54) is 24.0 Å². The molecule has 1 amide bonds. The fourth-order valence-electron chi connectivity index (χ4n) is 2.80. The van der Waals surface area contributed by atoms with Crippen molar-refractivity contribution < 1.29 is 4.79 Å². The molecule has 4 heteroatoms. The number of benzene rings is 1. The zero-order chi connectivity index (χ0) is 15.2. The molecule has 0 aliphatic heterocycles. The van der Waals surface area contributed by atoms with Crippen LogP contribution in [0.25, 0.3) is 0 Å². The number of thioether (sulfide) groups is 1. The number of amides is 1. The summed E-state index contributed by atoms with van der Waals surface area (Å²) in [5, 5.41) is 3.39. The number of hydrogen-bond acceptors (Lipinski definition) is 3. The molecule has 3 rings (SSSR count). The second kappa shape index (κ2) is 7.45.